The Morgan fingerprint density at radius 2 is 1.59 bits per heavy atom. The van der Waals surface area contributed by atoms with E-state index < -0.39 is 11.7 Å². The molecule has 1 N–H and O–H groups in total. The summed E-state index contributed by atoms with van der Waals surface area (Å²) >= 11 is 3.70. The van der Waals surface area contributed by atoms with E-state index >= 15 is 0 Å². The molecule has 1 aromatic heterocycles. The molecule has 0 atom stereocenters. The number of rotatable bonds is 3. The van der Waals surface area contributed by atoms with Gasteiger partial charge in [-0.2, -0.15) is 0 Å². The lowest BCUT2D eigenvalue weighted by molar-refractivity contribution is -0.126. The number of nitrogens with one attached hydrogen (secondary N) is 1. The van der Waals surface area contributed by atoms with E-state index in [0.29, 0.717) is 18.7 Å². The Bertz CT molecular complexity index is 1030. The number of H-pyrrole nitrogens is 1. The molecule has 0 radical (unpaired) electrons. The summed E-state index contributed by atoms with van der Waals surface area (Å²) in [6.07, 6.45) is 3.16. The molecule has 0 aliphatic carbocycles. The maximum atomic E-state index is 12.7. The number of aromatic nitrogens is 1. The molecular formula is C22H19BrN2O2. The number of hydrogen-bond donors (Lipinski definition) is 1. The minimum absolute atomic E-state index is 0.422. The van der Waals surface area contributed by atoms with Gasteiger partial charge in [-0.3, -0.25) is 9.59 Å². The lowest BCUT2D eigenvalue weighted by Gasteiger charge is -2.28. The van der Waals surface area contributed by atoms with E-state index in [2.05, 4.69) is 33.0 Å². The SMILES string of the molecule is O=C(C(=O)N1CCC(=C(Br)c2ccccc2)CC1)c1c[nH]c2ccccc12. The lowest BCUT2D eigenvalue weighted by Crippen LogP contribution is -2.40. The second kappa shape index (κ2) is 7.53. The Labute approximate surface area is 166 Å². The standard InChI is InChI=1S/C22H19BrN2O2/c23-20(15-6-2-1-3-7-15)16-10-12-25(13-11-16)22(27)21(26)18-14-24-19-9-5-4-8-17(18)19/h1-9,14,24H,10-13H2. The number of carbonyl (C=O) groups excluding carboxylic acids is 2. The van der Waals surface area contributed by atoms with Gasteiger partial charge in [0, 0.05) is 34.7 Å². The zero-order valence-corrected chi connectivity index (χ0v) is 16.3. The number of hydrogen-bond acceptors (Lipinski definition) is 2. The maximum absolute atomic E-state index is 12.7. The molecule has 0 spiro atoms. The van der Waals surface area contributed by atoms with Crippen LogP contribution in [0.2, 0.25) is 0 Å². The summed E-state index contributed by atoms with van der Waals surface area (Å²) in [5, 5.41) is 0.792. The highest BCUT2D eigenvalue weighted by molar-refractivity contribution is 9.15. The number of aromatic amines is 1. The summed E-state index contributed by atoms with van der Waals surface area (Å²) < 4.78 is 1.10. The number of likely N-dealkylation sites (tertiary alicyclic amines) is 1. The van der Waals surface area contributed by atoms with Gasteiger partial charge in [0.2, 0.25) is 0 Å². The Morgan fingerprint density at radius 3 is 2.33 bits per heavy atom. The monoisotopic (exact) mass is 422 g/mol. The normalized spacial score (nSPS) is 14.4. The van der Waals surface area contributed by atoms with Crippen molar-refractivity contribution in [2.75, 3.05) is 13.1 Å². The summed E-state index contributed by atoms with van der Waals surface area (Å²) in [6, 6.07) is 17.7. The van der Waals surface area contributed by atoms with E-state index in [0.717, 1.165) is 33.8 Å². The number of piperidine rings is 1. The van der Waals surface area contributed by atoms with Crippen LogP contribution < -0.4 is 0 Å². The van der Waals surface area contributed by atoms with Gasteiger partial charge in [0.05, 0.1) is 5.56 Å². The molecule has 1 aliphatic rings. The summed E-state index contributed by atoms with van der Waals surface area (Å²) in [7, 11) is 0. The molecule has 3 aromatic rings. The number of para-hydroxylation sites is 1. The third-order valence-corrected chi connectivity index (χ3v) is 6.04. The first kappa shape index (κ1) is 17.7. The first-order valence-corrected chi connectivity index (χ1v) is 9.77. The smallest absolute Gasteiger partial charge is 0.295 e. The quantitative estimate of drug-likeness (QED) is 0.487. The summed E-state index contributed by atoms with van der Waals surface area (Å²) in [5.41, 5.74) is 3.73. The maximum Gasteiger partial charge on any atom is 0.295 e. The van der Waals surface area contributed by atoms with Crippen LogP contribution in [0.3, 0.4) is 0 Å². The molecule has 1 amide bonds. The summed E-state index contributed by atoms with van der Waals surface area (Å²) in [4.78, 5) is 30.2. The van der Waals surface area contributed by atoms with Crippen molar-refractivity contribution in [1.29, 1.82) is 0 Å². The van der Waals surface area contributed by atoms with Crippen molar-refractivity contribution >= 4 is 43.0 Å². The highest BCUT2D eigenvalue weighted by Crippen LogP contribution is 2.31. The van der Waals surface area contributed by atoms with Gasteiger partial charge < -0.3 is 9.88 Å². The molecule has 5 heteroatoms. The van der Waals surface area contributed by atoms with E-state index in [1.54, 1.807) is 11.1 Å². The van der Waals surface area contributed by atoms with Gasteiger partial charge in [-0.1, -0.05) is 70.0 Å². The van der Waals surface area contributed by atoms with Crippen molar-refractivity contribution in [3.63, 3.8) is 0 Å². The number of Topliss-reactive ketones (excluding diaryl/α,β-unsaturated/α-hetero) is 1. The van der Waals surface area contributed by atoms with Gasteiger partial charge in [-0.25, -0.2) is 0 Å². The van der Waals surface area contributed by atoms with Crippen molar-refractivity contribution in [2.24, 2.45) is 0 Å². The number of ketones is 1. The van der Waals surface area contributed by atoms with Crippen molar-refractivity contribution < 1.29 is 9.59 Å². The fourth-order valence-corrected chi connectivity index (χ4v) is 4.17. The third kappa shape index (κ3) is 3.47. The molecule has 27 heavy (non-hydrogen) atoms. The summed E-state index contributed by atoms with van der Waals surface area (Å²) in [5.74, 6) is -0.864. The predicted octanol–water partition coefficient (Wildman–Crippen LogP) is 4.78. The van der Waals surface area contributed by atoms with Crippen LogP contribution in [0.15, 0.2) is 66.4 Å². The van der Waals surface area contributed by atoms with Crippen LogP contribution in [0.5, 0.6) is 0 Å². The van der Waals surface area contributed by atoms with Crippen LogP contribution in [0.25, 0.3) is 15.4 Å². The van der Waals surface area contributed by atoms with Crippen LogP contribution in [0, 0.1) is 0 Å². The second-order valence-electron chi connectivity index (χ2n) is 6.65. The summed E-state index contributed by atoms with van der Waals surface area (Å²) in [6.45, 7) is 1.12. The average Bonchev–Trinajstić information content (AvgIpc) is 3.17. The van der Waals surface area contributed by atoms with Crippen molar-refractivity contribution in [1.82, 2.24) is 9.88 Å². The fraction of sp³-hybridized carbons (Fsp3) is 0.182. The number of benzene rings is 2. The largest absolute Gasteiger partial charge is 0.360 e. The third-order valence-electron chi connectivity index (χ3n) is 5.02. The molecule has 2 aromatic carbocycles. The van der Waals surface area contributed by atoms with Crippen LogP contribution in [-0.2, 0) is 4.79 Å². The van der Waals surface area contributed by atoms with E-state index in [1.807, 2.05) is 42.5 Å². The molecule has 4 nitrogen and oxygen atoms in total. The Hall–Kier alpha value is -2.66. The second-order valence-corrected chi connectivity index (χ2v) is 7.45. The molecular weight excluding hydrogens is 404 g/mol. The Kier molecular flexibility index (Phi) is 4.94. The minimum atomic E-state index is -0.443. The van der Waals surface area contributed by atoms with Gasteiger partial charge in [-0.05, 0) is 24.5 Å². The number of fused-ring (bicyclic) bond motifs is 1. The fourth-order valence-electron chi connectivity index (χ4n) is 3.51. The van der Waals surface area contributed by atoms with E-state index in [1.165, 1.54) is 5.57 Å². The minimum Gasteiger partial charge on any atom is -0.360 e. The van der Waals surface area contributed by atoms with Gasteiger partial charge in [-0.15, -0.1) is 0 Å². The highest BCUT2D eigenvalue weighted by atomic mass is 79.9. The lowest BCUT2D eigenvalue weighted by atomic mass is 10.00. The predicted molar refractivity (Wildman–Crippen MR) is 111 cm³/mol. The molecule has 4 rings (SSSR count). The Balaban J connectivity index is 1.48. The molecule has 2 heterocycles. The first-order chi connectivity index (χ1) is 13.1. The van der Waals surface area contributed by atoms with Crippen LogP contribution in [0.4, 0.5) is 0 Å². The molecule has 1 saturated heterocycles. The van der Waals surface area contributed by atoms with Gasteiger partial charge in [0.15, 0.2) is 0 Å². The highest BCUT2D eigenvalue weighted by Gasteiger charge is 2.28. The van der Waals surface area contributed by atoms with E-state index in [4.69, 9.17) is 0 Å². The first-order valence-electron chi connectivity index (χ1n) is 8.98. The van der Waals surface area contributed by atoms with Crippen LogP contribution in [0.1, 0.15) is 28.8 Å². The molecule has 0 unspecified atom stereocenters. The van der Waals surface area contributed by atoms with E-state index in [-0.39, 0.29) is 0 Å². The zero-order valence-electron chi connectivity index (χ0n) is 14.7. The van der Waals surface area contributed by atoms with Gasteiger partial charge in [0.1, 0.15) is 0 Å². The average molecular weight is 423 g/mol. The molecule has 1 fully saturated rings. The number of halogens is 1. The van der Waals surface area contributed by atoms with Crippen molar-refractivity contribution in [3.8, 4) is 0 Å². The van der Waals surface area contributed by atoms with Gasteiger partial charge in [0.25, 0.3) is 11.7 Å². The van der Waals surface area contributed by atoms with Gasteiger partial charge >= 0.3 is 0 Å². The van der Waals surface area contributed by atoms with Crippen LogP contribution >= 0.6 is 15.9 Å². The molecule has 1 aliphatic heterocycles. The number of carbonyl (C=O) groups is 2. The molecule has 0 saturated carbocycles. The zero-order chi connectivity index (χ0) is 18.8. The number of amides is 1. The number of nitrogens with zero attached hydrogens (tertiary/aromatic N) is 1. The molecule has 0 bridgehead atoms. The van der Waals surface area contributed by atoms with Crippen molar-refractivity contribution in [3.05, 3.63) is 77.5 Å². The topological polar surface area (TPSA) is 53.2 Å². The van der Waals surface area contributed by atoms with Crippen LogP contribution in [-0.4, -0.2) is 34.7 Å². The van der Waals surface area contributed by atoms with Crippen molar-refractivity contribution in [2.45, 2.75) is 12.8 Å². The Morgan fingerprint density at radius 1 is 0.926 bits per heavy atom. The van der Waals surface area contributed by atoms with E-state index in [9.17, 15) is 9.59 Å². The molecule has 136 valence electrons.